The summed E-state index contributed by atoms with van der Waals surface area (Å²) in [5.41, 5.74) is 0.479. The number of esters is 1. The number of hydrogen-bond donors (Lipinski definition) is 0. The highest BCUT2D eigenvalue weighted by atomic mass is 32.1. The summed E-state index contributed by atoms with van der Waals surface area (Å²) < 4.78 is 10.6. The molecule has 1 aromatic carbocycles. The average Bonchev–Trinajstić information content (AvgIpc) is 3.27. The molecule has 1 saturated heterocycles. The fourth-order valence-corrected chi connectivity index (χ4v) is 3.81. The third kappa shape index (κ3) is 4.98. The van der Waals surface area contributed by atoms with E-state index in [1.807, 2.05) is 18.4 Å². The minimum absolute atomic E-state index is 0.00694. The highest BCUT2D eigenvalue weighted by Gasteiger charge is 2.29. The minimum Gasteiger partial charge on any atom is -0.494 e. The molecule has 1 fully saturated rings. The number of carbonyl (C=O) groups excluding carboxylic acids is 3. The highest BCUT2D eigenvalue weighted by molar-refractivity contribution is 7.12. The first-order valence-electron chi connectivity index (χ1n) is 9.34. The van der Waals surface area contributed by atoms with Crippen LogP contribution >= 0.6 is 11.3 Å². The Morgan fingerprint density at radius 3 is 2.43 bits per heavy atom. The average molecular weight is 401 g/mol. The molecule has 0 saturated carbocycles. The number of ketones is 1. The molecule has 0 aliphatic carbocycles. The molecule has 0 spiro atoms. The van der Waals surface area contributed by atoms with Gasteiger partial charge >= 0.3 is 5.97 Å². The molecule has 0 radical (unpaired) electrons. The number of amides is 1. The summed E-state index contributed by atoms with van der Waals surface area (Å²) in [4.78, 5) is 39.3. The lowest BCUT2D eigenvalue weighted by molar-refractivity contribution is -0.148. The van der Waals surface area contributed by atoms with E-state index in [-0.39, 0.29) is 30.2 Å². The first kappa shape index (κ1) is 20.1. The summed E-state index contributed by atoms with van der Waals surface area (Å²) in [6, 6.07) is 10.4. The van der Waals surface area contributed by atoms with Gasteiger partial charge in [-0.25, -0.2) is 0 Å². The van der Waals surface area contributed by atoms with E-state index in [4.69, 9.17) is 9.47 Å². The molecule has 0 atom stereocenters. The predicted octanol–water partition coefficient (Wildman–Crippen LogP) is 3.43. The normalized spacial score (nSPS) is 14.5. The van der Waals surface area contributed by atoms with Crippen LogP contribution in [0.5, 0.6) is 5.75 Å². The molecule has 1 aromatic heterocycles. The van der Waals surface area contributed by atoms with Crippen LogP contribution in [0.3, 0.4) is 0 Å². The predicted molar refractivity (Wildman–Crippen MR) is 106 cm³/mol. The van der Waals surface area contributed by atoms with Gasteiger partial charge in [0.2, 0.25) is 0 Å². The van der Waals surface area contributed by atoms with Crippen molar-refractivity contribution in [3.05, 3.63) is 52.2 Å². The van der Waals surface area contributed by atoms with Crippen LogP contribution in [-0.2, 0) is 9.53 Å². The lowest BCUT2D eigenvalue weighted by Gasteiger charge is -2.30. The Kier molecular flexibility index (Phi) is 6.81. The molecule has 28 heavy (non-hydrogen) atoms. The molecule has 3 rings (SSSR count). The fraction of sp³-hybridized carbons (Fsp3) is 0.381. The highest BCUT2D eigenvalue weighted by Crippen LogP contribution is 2.22. The van der Waals surface area contributed by atoms with Crippen LogP contribution in [0.2, 0.25) is 0 Å². The number of nitrogens with zero attached hydrogens (tertiary/aromatic N) is 1. The quantitative estimate of drug-likeness (QED) is 0.525. The Bertz CT molecular complexity index is 808. The number of carbonyl (C=O) groups is 3. The van der Waals surface area contributed by atoms with Crippen LogP contribution < -0.4 is 4.74 Å². The lowest BCUT2D eigenvalue weighted by Crippen LogP contribution is -2.40. The molecule has 148 valence electrons. The largest absolute Gasteiger partial charge is 0.494 e. The summed E-state index contributed by atoms with van der Waals surface area (Å²) >= 11 is 1.42. The van der Waals surface area contributed by atoms with E-state index in [1.165, 1.54) is 11.3 Å². The number of ether oxygens (including phenoxy) is 2. The van der Waals surface area contributed by atoms with Gasteiger partial charge in [-0.3, -0.25) is 14.4 Å². The molecule has 6 nitrogen and oxygen atoms in total. The van der Waals surface area contributed by atoms with Crippen molar-refractivity contribution in [3.63, 3.8) is 0 Å². The van der Waals surface area contributed by atoms with Crippen molar-refractivity contribution in [2.24, 2.45) is 5.92 Å². The Hall–Kier alpha value is -2.67. The Labute approximate surface area is 168 Å². The van der Waals surface area contributed by atoms with Crippen LogP contribution in [0, 0.1) is 5.92 Å². The second-order valence-electron chi connectivity index (χ2n) is 6.53. The number of likely N-dealkylation sites (tertiary alicyclic amines) is 1. The van der Waals surface area contributed by atoms with Crippen LogP contribution in [0.25, 0.3) is 0 Å². The van der Waals surface area contributed by atoms with Crippen molar-refractivity contribution in [3.8, 4) is 5.75 Å². The zero-order valence-electron chi connectivity index (χ0n) is 15.8. The summed E-state index contributed by atoms with van der Waals surface area (Å²) in [6.45, 7) is 3.21. The van der Waals surface area contributed by atoms with Gasteiger partial charge in [0.15, 0.2) is 12.4 Å². The Morgan fingerprint density at radius 1 is 1.11 bits per heavy atom. The zero-order valence-corrected chi connectivity index (χ0v) is 16.6. The van der Waals surface area contributed by atoms with Gasteiger partial charge in [0.25, 0.3) is 5.91 Å². The van der Waals surface area contributed by atoms with E-state index < -0.39 is 0 Å². The molecule has 0 N–H and O–H groups in total. The van der Waals surface area contributed by atoms with Gasteiger partial charge < -0.3 is 14.4 Å². The molecule has 0 bridgehead atoms. The number of piperidine rings is 1. The summed E-state index contributed by atoms with van der Waals surface area (Å²) in [5, 5.41) is 1.87. The van der Waals surface area contributed by atoms with Crippen molar-refractivity contribution < 1.29 is 23.9 Å². The van der Waals surface area contributed by atoms with Gasteiger partial charge in [-0.05, 0) is 55.5 Å². The zero-order chi connectivity index (χ0) is 19.9. The second-order valence-corrected chi connectivity index (χ2v) is 7.48. The Morgan fingerprint density at radius 2 is 1.82 bits per heavy atom. The Balaban J connectivity index is 1.44. The van der Waals surface area contributed by atoms with Crippen molar-refractivity contribution >= 4 is 29.0 Å². The molecule has 1 aliphatic rings. The summed E-state index contributed by atoms with van der Waals surface area (Å²) in [6.07, 6.45) is 1.10. The van der Waals surface area contributed by atoms with E-state index in [2.05, 4.69) is 0 Å². The van der Waals surface area contributed by atoms with Gasteiger partial charge in [0, 0.05) is 18.7 Å². The molecular formula is C21H23NO5S. The molecule has 2 aromatic rings. The third-order valence-corrected chi connectivity index (χ3v) is 5.54. The topological polar surface area (TPSA) is 72.9 Å². The maximum Gasteiger partial charge on any atom is 0.309 e. The van der Waals surface area contributed by atoms with Gasteiger partial charge in [0.05, 0.1) is 17.4 Å². The van der Waals surface area contributed by atoms with E-state index in [0.717, 1.165) is 0 Å². The second kappa shape index (κ2) is 9.50. The van der Waals surface area contributed by atoms with Gasteiger partial charge in [0.1, 0.15) is 5.75 Å². The maximum atomic E-state index is 12.3. The van der Waals surface area contributed by atoms with Crippen molar-refractivity contribution in [1.29, 1.82) is 0 Å². The van der Waals surface area contributed by atoms with E-state index in [9.17, 15) is 14.4 Å². The van der Waals surface area contributed by atoms with Crippen LogP contribution in [0.15, 0.2) is 41.8 Å². The number of hydrogen-bond acceptors (Lipinski definition) is 6. The van der Waals surface area contributed by atoms with E-state index >= 15 is 0 Å². The number of rotatable bonds is 7. The van der Waals surface area contributed by atoms with Crippen LogP contribution in [0.4, 0.5) is 0 Å². The molecule has 7 heteroatoms. The number of Topliss-reactive ketones (excluding diaryl/α,β-unsaturated/α-hetero) is 1. The first-order chi connectivity index (χ1) is 13.6. The summed E-state index contributed by atoms with van der Waals surface area (Å²) in [5.74, 6) is -0.197. The van der Waals surface area contributed by atoms with Gasteiger partial charge in [-0.15, -0.1) is 11.3 Å². The van der Waals surface area contributed by atoms with E-state index in [1.54, 1.807) is 35.2 Å². The SMILES string of the molecule is CCOc1ccc(C(=O)COC(=O)C2CCN(C(=O)c3cccs3)CC2)cc1. The monoisotopic (exact) mass is 401 g/mol. The smallest absolute Gasteiger partial charge is 0.309 e. The standard InChI is InChI=1S/C21H23NO5S/c1-2-26-17-7-5-15(6-8-17)18(23)14-27-21(25)16-9-11-22(12-10-16)20(24)19-4-3-13-28-19/h3-8,13,16H,2,9-12,14H2,1H3. The third-order valence-electron chi connectivity index (χ3n) is 4.68. The van der Waals surface area contributed by atoms with Crippen LogP contribution in [-0.4, -0.2) is 48.9 Å². The van der Waals surface area contributed by atoms with Crippen molar-refractivity contribution in [2.75, 3.05) is 26.3 Å². The number of benzene rings is 1. The first-order valence-corrected chi connectivity index (χ1v) is 10.2. The van der Waals surface area contributed by atoms with E-state index in [0.29, 0.717) is 48.7 Å². The van der Waals surface area contributed by atoms with Crippen molar-refractivity contribution in [2.45, 2.75) is 19.8 Å². The minimum atomic E-state index is -0.373. The van der Waals surface area contributed by atoms with Crippen LogP contribution in [0.1, 0.15) is 39.8 Å². The molecule has 2 heterocycles. The summed E-state index contributed by atoms with van der Waals surface area (Å²) in [7, 11) is 0. The number of thiophene rings is 1. The van der Waals surface area contributed by atoms with Gasteiger partial charge in [-0.1, -0.05) is 6.07 Å². The molecule has 0 unspecified atom stereocenters. The maximum absolute atomic E-state index is 12.3. The fourth-order valence-electron chi connectivity index (χ4n) is 3.12. The lowest BCUT2D eigenvalue weighted by atomic mass is 9.97. The molecule has 1 aliphatic heterocycles. The van der Waals surface area contributed by atoms with Crippen molar-refractivity contribution in [1.82, 2.24) is 4.90 Å². The van der Waals surface area contributed by atoms with Gasteiger partial charge in [-0.2, -0.15) is 0 Å². The molecule has 1 amide bonds. The molecular weight excluding hydrogens is 378 g/mol.